The number of carbonyl (C=O) groups excluding carboxylic acids is 1. The molecule has 1 amide bonds. The van der Waals surface area contributed by atoms with Gasteiger partial charge in [-0.3, -0.25) is 9.48 Å². The van der Waals surface area contributed by atoms with Crippen LogP contribution in [0.3, 0.4) is 0 Å². The molecule has 0 aromatic carbocycles. The number of methoxy groups -OCH3 is 1. The van der Waals surface area contributed by atoms with Crippen molar-refractivity contribution >= 4 is 5.91 Å². The lowest BCUT2D eigenvalue weighted by Crippen LogP contribution is -2.38. The van der Waals surface area contributed by atoms with Gasteiger partial charge in [0.1, 0.15) is 11.9 Å². The smallest absolute Gasteiger partial charge is 0.237 e. The molecule has 0 spiro atoms. The van der Waals surface area contributed by atoms with Crippen LogP contribution in [0.5, 0.6) is 5.88 Å². The first-order valence-electron chi connectivity index (χ1n) is 8.60. The molecule has 1 saturated heterocycles. The summed E-state index contributed by atoms with van der Waals surface area (Å²) in [6.07, 6.45) is 6.88. The maximum atomic E-state index is 12.8. The molecular formula is C17H25N5O3. The Hall–Kier alpha value is -2.35. The lowest BCUT2D eigenvalue weighted by atomic mass is 9.92. The summed E-state index contributed by atoms with van der Waals surface area (Å²) < 4.78 is 14.8. The minimum absolute atomic E-state index is 0.0266. The van der Waals surface area contributed by atoms with Crippen LogP contribution in [-0.4, -0.2) is 39.0 Å². The summed E-state index contributed by atoms with van der Waals surface area (Å²) in [5.74, 6) is 1.08. The first-order valence-corrected chi connectivity index (χ1v) is 8.60. The van der Waals surface area contributed by atoms with Crippen LogP contribution < -0.4 is 10.1 Å². The van der Waals surface area contributed by atoms with Crippen LogP contribution in [0.1, 0.15) is 37.3 Å². The average Bonchev–Trinajstić information content (AvgIpc) is 3.25. The summed E-state index contributed by atoms with van der Waals surface area (Å²) in [4.78, 5) is 17.2. The molecule has 2 aromatic rings. The third kappa shape index (κ3) is 3.68. The molecule has 1 fully saturated rings. The number of imidazole rings is 1. The standard InChI is InChI=1S/C17H25N5O3/c1-4-22-8-7-18-15(22)14-13(6-5-9-25-14)16(23)19-10-12-11-21(2)20-17(12)24-3/h7-8,11,13-14H,4-6,9-10H2,1-3H3,(H,19,23)/t13-,14-/m1/s1. The minimum Gasteiger partial charge on any atom is -0.480 e. The fourth-order valence-corrected chi connectivity index (χ4v) is 3.27. The molecule has 0 saturated carbocycles. The Bertz CT molecular complexity index is 724. The number of nitrogens with zero attached hydrogens (tertiary/aromatic N) is 4. The zero-order chi connectivity index (χ0) is 17.8. The minimum atomic E-state index is -0.306. The second kappa shape index (κ2) is 7.69. The van der Waals surface area contributed by atoms with E-state index in [-0.39, 0.29) is 17.9 Å². The van der Waals surface area contributed by atoms with E-state index < -0.39 is 0 Å². The van der Waals surface area contributed by atoms with E-state index in [0.717, 1.165) is 30.8 Å². The summed E-state index contributed by atoms with van der Waals surface area (Å²) in [5.41, 5.74) is 0.849. The molecule has 0 aliphatic carbocycles. The second-order valence-corrected chi connectivity index (χ2v) is 6.17. The van der Waals surface area contributed by atoms with E-state index in [1.807, 2.05) is 24.0 Å². The molecule has 0 radical (unpaired) electrons. The number of aromatic nitrogens is 4. The number of carbonyl (C=O) groups is 1. The molecule has 3 heterocycles. The Labute approximate surface area is 147 Å². The number of aryl methyl sites for hydroxylation is 2. The molecule has 1 aliphatic heterocycles. The highest BCUT2D eigenvalue weighted by atomic mass is 16.5. The fraction of sp³-hybridized carbons (Fsp3) is 0.588. The Morgan fingerprint density at radius 3 is 3.12 bits per heavy atom. The van der Waals surface area contributed by atoms with Gasteiger partial charge in [0.05, 0.1) is 18.6 Å². The number of hydrogen-bond donors (Lipinski definition) is 1. The van der Waals surface area contributed by atoms with Gasteiger partial charge in [0.2, 0.25) is 11.8 Å². The number of ether oxygens (including phenoxy) is 2. The molecule has 8 heteroatoms. The molecule has 0 unspecified atom stereocenters. The van der Waals surface area contributed by atoms with Gasteiger partial charge in [-0.25, -0.2) is 4.98 Å². The van der Waals surface area contributed by atoms with Crippen molar-refractivity contribution in [3.63, 3.8) is 0 Å². The molecule has 2 atom stereocenters. The van der Waals surface area contributed by atoms with Gasteiger partial charge < -0.3 is 19.4 Å². The lowest BCUT2D eigenvalue weighted by Gasteiger charge is -2.30. The predicted molar refractivity (Wildman–Crippen MR) is 90.9 cm³/mol. The summed E-state index contributed by atoms with van der Waals surface area (Å²) in [6.45, 7) is 3.89. The zero-order valence-electron chi connectivity index (χ0n) is 14.9. The van der Waals surface area contributed by atoms with Crippen LogP contribution >= 0.6 is 0 Å². The van der Waals surface area contributed by atoms with Crippen molar-refractivity contribution < 1.29 is 14.3 Å². The predicted octanol–water partition coefficient (Wildman–Crippen LogP) is 1.43. The van der Waals surface area contributed by atoms with Gasteiger partial charge in [-0.05, 0) is 19.8 Å². The van der Waals surface area contributed by atoms with Crippen molar-refractivity contribution in [1.29, 1.82) is 0 Å². The van der Waals surface area contributed by atoms with Gasteiger partial charge in [0.15, 0.2) is 0 Å². The maximum absolute atomic E-state index is 12.8. The van der Waals surface area contributed by atoms with Crippen molar-refractivity contribution in [1.82, 2.24) is 24.6 Å². The Kier molecular flexibility index (Phi) is 5.37. The van der Waals surface area contributed by atoms with Gasteiger partial charge in [0.25, 0.3) is 0 Å². The highest BCUT2D eigenvalue weighted by Crippen LogP contribution is 2.33. The number of rotatable bonds is 6. The topological polar surface area (TPSA) is 83.2 Å². The molecule has 0 bridgehead atoms. The normalized spacial score (nSPS) is 20.4. The monoisotopic (exact) mass is 347 g/mol. The van der Waals surface area contributed by atoms with Crippen LogP contribution in [0.4, 0.5) is 0 Å². The second-order valence-electron chi connectivity index (χ2n) is 6.17. The van der Waals surface area contributed by atoms with Crippen molar-refractivity contribution in [2.45, 2.75) is 39.0 Å². The van der Waals surface area contributed by atoms with Crippen LogP contribution in [0, 0.1) is 5.92 Å². The molecule has 25 heavy (non-hydrogen) atoms. The SMILES string of the molecule is CCn1ccnc1[C@@H]1OCCC[C@H]1C(=O)NCc1cn(C)nc1OC. The van der Waals surface area contributed by atoms with Crippen LogP contribution in [0.2, 0.25) is 0 Å². The molecule has 1 N–H and O–H groups in total. The lowest BCUT2D eigenvalue weighted by molar-refractivity contribution is -0.135. The number of amides is 1. The molecule has 1 aliphatic rings. The fourth-order valence-electron chi connectivity index (χ4n) is 3.27. The van der Waals surface area contributed by atoms with E-state index in [9.17, 15) is 4.79 Å². The Morgan fingerprint density at radius 1 is 1.52 bits per heavy atom. The number of nitrogens with one attached hydrogen (secondary N) is 1. The largest absolute Gasteiger partial charge is 0.480 e. The van der Waals surface area contributed by atoms with Crippen molar-refractivity contribution in [3.8, 4) is 5.88 Å². The first-order chi connectivity index (χ1) is 12.1. The highest BCUT2D eigenvalue weighted by Gasteiger charge is 2.35. The molecule has 3 rings (SSSR count). The van der Waals surface area contributed by atoms with E-state index in [1.165, 1.54) is 0 Å². The zero-order valence-corrected chi connectivity index (χ0v) is 14.9. The van der Waals surface area contributed by atoms with E-state index in [4.69, 9.17) is 9.47 Å². The summed E-state index contributed by atoms with van der Waals surface area (Å²) in [6, 6.07) is 0. The molecular weight excluding hydrogens is 322 g/mol. The van der Waals surface area contributed by atoms with Crippen molar-refractivity contribution in [2.24, 2.45) is 13.0 Å². The summed E-state index contributed by atoms with van der Waals surface area (Å²) in [5, 5.41) is 7.20. The quantitative estimate of drug-likeness (QED) is 0.855. The maximum Gasteiger partial charge on any atom is 0.237 e. The summed E-state index contributed by atoms with van der Waals surface area (Å²) >= 11 is 0. The van der Waals surface area contributed by atoms with Crippen LogP contribution in [0.25, 0.3) is 0 Å². The number of hydrogen-bond acceptors (Lipinski definition) is 5. The van der Waals surface area contributed by atoms with Gasteiger partial charge in [-0.15, -0.1) is 5.10 Å². The Morgan fingerprint density at radius 2 is 2.36 bits per heavy atom. The molecule has 8 nitrogen and oxygen atoms in total. The van der Waals surface area contributed by atoms with Gasteiger partial charge >= 0.3 is 0 Å². The van der Waals surface area contributed by atoms with Crippen LogP contribution in [-0.2, 0) is 29.7 Å². The van der Waals surface area contributed by atoms with E-state index in [2.05, 4.69) is 22.3 Å². The highest BCUT2D eigenvalue weighted by molar-refractivity contribution is 5.79. The van der Waals surface area contributed by atoms with E-state index in [0.29, 0.717) is 19.0 Å². The van der Waals surface area contributed by atoms with Gasteiger partial charge in [-0.1, -0.05) is 0 Å². The van der Waals surface area contributed by atoms with Crippen molar-refractivity contribution in [2.75, 3.05) is 13.7 Å². The molecule has 136 valence electrons. The summed E-state index contributed by atoms with van der Waals surface area (Å²) in [7, 11) is 3.40. The average molecular weight is 347 g/mol. The van der Waals surface area contributed by atoms with Gasteiger partial charge in [0, 0.05) is 45.3 Å². The Balaban J connectivity index is 1.70. The first kappa shape index (κ1) is 17.5. The third-order valence-electron chi connectivity index (χ3n) is 4.51. The van der Waals surface area contributed by atoms with Crippen molar-refractivity contribution in [3.05, 3.63) is 30.0 Å². The van der Waals surface area contributed by atoms with E-state index in [1.54, 1.807) is 18.0 Å². The van der Waals surface area contributed by atoms with E-state index >= 15 is 0 Å². The third-order valence-corrected chi connectivity index (χ3v) is 4.51. The van der Waals surface area contributed by atoms with Gasteiger partial charge in [-0.2, -0.15) is 0 Å². The van der Waals surface area contributed by atoms with Crippen LogP contribution in [0.15, 0.2) is 18.6 Å². The molecule has 2 aromatic heterocycles.